The Morgan fingerprint density at radius 3 is 2.29 bits per heavy atom. The number of aliphatic hydroxyl groups is 1. The van der Waals surface area contributed by atoms with Gasteiger partial charge in [0.25, 0.3) is 0 Å². The van der Waals surface area contributed by atoms with Gasteiger partial charge in [-0.2, -0.15) is 0 Å². The Morgan fingerprint density at radius 1 is 0.875 bits per heavy atom. The van der Waals surface area contributed by atoms with Crippen LogP contribution in [-0.2, 0) is 4.79 Å². The van der Waals surface area contributed by atoms with E-state index in [1.807, 2.05) is 6.92 Å². The summed E-state index contributed by atoms with van der Waals surface area (Å²) in [6, 6.07) is 0. The van der Waals surface area contributed by atoms with Crippen molar-refractivity contribution in [3.8, 4) is 0 Å². The molecule has 0 amide bonds. The Morgan fingerprint density at radius 2 is 1.58 bits per heavy atom. The number of rotatable bonds is 1. The van der Waals surface area contributed by atoms with Gasteiger partial charge in [0.05, 0.1) is 11.5 Å². The van der Waals surface area contributed by atoms with E-state index in [-0.39, 0.29) is 11.3 Å². The fraction of sp³-hybridized carbons (Fsp3) is 0.952. The Kier molecular flexibility index (Phi) is 3.67. The first kappa shape index (κ1) is 16.9. The Balaban J connectivity index is 1.61. The number of hydrogen-bond acceptors (Lipinski definition) is 2. The summed E-state index contributed by atoms with van der Waals surface area (Å²) in [5.41, 5.74) is -0.0773. The van der Waals surface area contributed by atoms with Crippen LogP contribution in [0.25, 0.3) is 0 Å². The largest absolute Gasteiger partial charge is 0.481 e. The van der Waals surface area contributed by atoms with Crippen molar-refractivity contribution < 1.29 is 15.0 Å². The van der Waals surface area contributed by atoms with Crippen LogP contribution in [0.2, 0.25) is 0 Å². The molecule has 2 N–H and O–H groups in total. The molecule has 4 rings (SSSR count). The van der Waals surface area contributed by atoms with E-state index in [1.54, 1.807) is 0 Å². The predicted octanol–water partition coefficient (Wildman–Crippen LogP) is 4.48. The van der Waals surface area contributed by atoms with Gasteiger partial charge < -0.3 is 10.2 Å². The number of fused-ring (bicyclic) bond motifs is 5. The van der Waals surface area contributed by atoms with Crippen LogP contribution in [-0.4, -0.2) is 21.8 Å². The molecule has 0 aromatic heterocycles. The van der Waals surface area contributed by atoms with Gasteiger partial charge in [-0.15, -0.1) is 0 Å². The molecule has 3 heteroatoms. The second-order valence-electron chi connectivity index (χ2n) is 10.4. The van der Waals surface area contributed by atoms with E-state index >= 15 is 0 Å². The number of aliphatic carboxylic acids is 1. The van der Waals surface area contributed by atoms with Crippen molar-refractivity contribution in [2.24, 2.45) is 40.4 Å². The minimum atomic E-state index is -0.563. The smallest absolute Gasteiger partial charge is 0.307 e. The highest BCUT2D eigenvalue weighted by Crippen LogP contribution is 2.67. The van der Waals surface area contributed by atoms with Gasteiger partial charge in [-0.05, 0) is 99.2 Å². The molecule has 8 atom stereocenters. The highest BCUT2D eigenvalue weighted by Gasteiger charge is 2.61. The second kappa shape index (κ2) is 5.22. The molecule has 4 fully saturated rings. The van der Waals surface area contributed by atoms with Crippen LogP contribution < -0.4 is 0 Å². The van der Waals surface area contributed by atoms with Crippen LogP contribution in [0.3, 0.4) is 0 Å². The minimum absolute atomic E-state index is 0.0242. The lowest BCUT2D eigenvalue weighted by Crippen LogP contribution is -2.55. The third-order valence-corrected chi connectivity index (χ3v) is 9.25. The van der Waals surface area contributed by atoms with Crippen LogP contribution in [0.1, 0.15) is 78.6 Å². The lowest BCUT2D eigenvalue weighted by atomic mass is 9.44. The molecule has 4 aliphatic rings. The maximum Gasteiger partial charge on any atom is 0.307 e. The van der Waals surface area contributed by atoms with Crippen LogP contribution >= 0.6 is 0 Å². The molecule has 0 aromatic rings. The van der Waals surface area contributed by atoms with Gasteiger partial charge in [-0.25, -0.2) is 0 Å². The number of carbonyl (C=O) groups is 1. The first-order valence-corrected chi connectivity index (χ1v) is 10.1. The molecular weight excluding hydrogens is 300 g/mol. The number of carboxylic acid groups (broad SMARTS) is 1. The van der Waals surface area contributed by atoms with Crippen molar-refractivity contribution in [2.75, 3.05) is 0 Å². The second-order valence-corrected chi connectivity index (χ2v) is 10.4. The maximum atomic E-state index is 11.8. The summed E-state index contributed by atoms with van der Waals surface area (Å²) in [4.78, 5) is 11.8. The summed E-state index contributed by atoms with van der Waals surface area (Å²) in [5.74, 6) is 2.05. The number of carboxylic acids is 1. The van der Waals surface area contributed by atoms with Crippen molar-refractivity contribution in [3.63, 3.8) is 0 Å². The number of hydrogen-bond donors (Lipinski definition) is 2. The molecule has 136 valence electrons. The minimum Gasteiger partial charge on any atom is -0.481 e. The summed E-state index contributed by atoms with van der Waals surface area (Å²) < 4.78 is 0. The quantitative estimate of drug-likeness (QED) is 0.743. The summed E-state index contributed by atoms with van der Waals surface area (Å²) in [6.45, 7) is 6.79. The third-order valence-electron chi connectivity index (χ3n) is 9.25. The first-order chi connectivity index (χ1) is 11.2. The van der Waals surface area contributed by atoms with Crippen LogP contribution in [0.4, 0.5) is 0 Å². The van der Waals surface area contributed by atoms with Gasteiger partial charge in [0.15, 0.2) is 0 Å². The Bertz CT molecular complexity index is 541. The van der Waals surface area contributed by atoms with E-state index in [0.717, 1.165) is 50.4 Å². The van der Waals surface area contributed by atoms with Crippen molar-refractivity contribution in [1.82, 2.24) is 0 Å². The Hall–Kier alpha value is -0.570. The van der Waals surface area contributed by atoms with Crippen LogP contribution in [0, 0.1) is 40.4 Å². The van der Waals surface area contributed by atoms with Gasteiger partial charge in [0.2, 0.25) is 0 Å². The molecule has 3 nitrogen and oxygen atoms in total. The summed E-state index contributed by atoms with van der Waals surface area (Å²) in [5, 5.41) is 20.2. The molecule has 0 aromatic carbocycles. The van der Waals surface area contributed by atoms with Crippen molar-refractivity contribution in [3.05, 3.63) is 0 Å². The molecule has 4 aliphatic carbocycles. The van der Waals surface area contributed by atoms with Gasteiger partial charge in [-0.3, -0.25) is 4.79 Å². The molecule has 0 bridgehead atoms. The van der Waals surface area contributed by atoms with E-state index in [0.29, 0.717) is 17.3 Å². The fourth-order valence-electron chi connectivity index (χ4n) is 7.84. The van der Waals surface area contributed by atoms with Gasteiger partial charge in [0, 0.05) is 0 Å². The first-order valence-electron chi connectivity index (χ1n) is 10.1. The summed E-state index contributed by atoms with van der Waals surface area (Å²) >= 11 is 0. The van der Waals surface area contributed by atoms with E-state index in [2.05, 4.69) is 13.8 Å². The predicted molar refractivity (Wildman–Crippen MR) is 93.5 cm³/mol. The highest BCUT2D eigenvalue weighted by atomic mass is 16.4. The zero-order valence-electron chi connectivity index (χ0n) is 15.6. The van der Waals surface area contributed by atoms with Gasteiger partial charge in [0.1, 0.15) is 0 Å². The van der Waals surface area contributed by atoms with E-state index < -0.39 is 11.6 Å². The van der Waals surface area contributed by atoms with Gasteiger partial charge >= 0.3 is 5.97 Å². The average Bonchev–Trinajstić information content (AvgIpc) is 2.85. The van der Waals surface area contributed by atoms with Gasteiger partial charge in [-0.1, -0.05) is 13.8 Å². The summed E-state index contributed by atoms with van der Waals surface area (Å²) in [7, 11) is 0. The normalized spacial score (nSPS) is 56.9. The molecule has 0 heterocycles. The van der Waals surface area contributed by atoms with E-state index in [1.165, 1.54) is 19.3 Å². The topological polar surface area (TPSA) is 57.5 Å². The highest BCUT2D eigenvalue weighted by molar-refractivity contribution is 5.71. The fourth-order valence-corrected chi connectivity index (χ4v) is 7.84. The lowest BCUT2D eigenvalue weighted by Gasteiger charge is -2.61. The van der Waals surface area contributed by atoms with Crippen molar-refractivity contribution in [2.45, 2.75) is 84.2 Å². The summed E-state index contributed by atoms with van der Waals surface area (Å²) in [6.07, 6.45) is 9.84. The SMILES string of the molecule is C[C@@]1(O)CC[C@@]2(C)[C@@H](CC[C@@H]3[C@@H]2CC[C@]2(C)[C@@H](C(=O)O)CC[C@@H]32)C1. The molecule has 4 saturated carbocycles. The van der Waals surface area contributed by atoms with Crippen LogP contribution in [0.5, 0.6) is 0 Å². The third kappa shape index (κ3) is 2.22. The van der Waals surface area contributed by atoms with E-state index in [9.17, 15) is 15.0 Å². The van der Waals surface area contributed by atoms with E-state index in [4.69, 9.17) is 0 Å². The molecular formula is C21H34O3. The maximum absolute atomic E-state index is 11.8. The molecule has 0 spiro atoms. The standard InChI is InChI=1S/C21H34O3/c1-19(24)10-11-20(2)13(12-19)4-5-14-15-6-7-17(18(22)23)21(15,3)9-8-16(14)20/h13-17,24H,4-12H2,1-3H3,(H,22,23)/t13-,14-,15-,16-,17+,19+,20-,21-/m0/s1. The van der Waals surface area contributed by atoms with Crippen LogP contribution in [0.15, 0.2) is 0 Å². The zero-order chi connectivity index (χ0) is 17.3. The molecule has 0 radical (unpaired) electrons. The lowest BCUT2D eigenvalue weighted by molar-refractivity contribution is -0.159. The molecule has 0 aliphatic heterocycles. The molecule has 0 unspecified atom stereocenters. The monoisotopic (exact) mass is 334 g/mol. The molecule has 24 heavy (non-hydrogen) atoms. The van der Waals surface area contributed by atoms with Crippen molar-refractivity contribution >= 4 is 5.97 Å². The van der Waals surface area contributed by atoms with Crippen molar-refractivity contribution in [1.29, 1.82) is 0 Å². The zero-order valence-corrected chi connectivity index (χ0v) is 15.6. The molecule has 0 saturated heterocycles. The average molecular weight is 335 g/mol. The Labute approximate surface area is 146 Å².